The molecule has 0 N–H and O–H groups in total. The van der Waals surface area contributed by atoms with Crippen molar-refractivity contribution in [2.75, 3.05) is 36.0 Å². The van der Waals surface area contributed by atoms with Gasteiger partial charge in [-0.1, -0.05) is 133 Å². The molecule has 41 heavy (non-hydrogen) atoms. The third-order valence-electron chi connectivity index (χ3n) is 7.77. The maximum absolute atomic E-state index is 2.56. The van der Waals surface area contributed by atoms with E-state index in [0.717, 1.165) is 26.2 Å². The fourth-order valence-electron chi connectivity index (χ4n) is 5.04. The van der Waals surface area contributed by atoms with Crippen molar-refractivity contribution in [1.82, 2.24) is 0 Å². The third kappa shape index (κ3) is 11.6. The van der Waals surface area contributed by atoms with Crippen LogP contribution in [0.15, 0.2) is 72.8 Å². The maximum atomic E-state index is 2.56. The van der Waals surface area contributed by atoms with Crippen LogP contribution in [-0.2, 0) is 0 Å². The lowest BCUT2D eigenvalue weighted by atomic mass is 10.1. The van der Waals surface area contributed by atoms with Crippen molar-refractivity contribution in [3.8, 4) is 0 Å². The van der Waals surface area contributed by atoms with Gasteiger partial charge in [0.05, 0.1) is 0 Å². The van der Waals surface area contributed by atoms with E-state index >= 15 is 0 Å². The van der Waals surface area contributed by atoms with Crippen molar-refractivity contribution in [3.05, 3.63) is 95.1 Å². The van der Waals surface area contributed by atoms with Gasteiger partial charge in [-0.3, -0.25) is 0 Å². The average molecular weight is 551 g/mol. The molecule has 0 fully saturated rings. The van der Waals surface area contributed by atoms with Crippen LogP contribution in [0.5, 0.6) is 0 Å². The zero-order valence-corrected chi connectivity index (χ0v) is 26.3. The molecular weight excluding hydrogens is 496 g/mol. The molecule has 0 atom stereocenters. The quantitative estimate of drug-likeness (QED) is 0.108. The Kier molecular flexibility index (Phi) is 14.9. The minimum Gasteiger partial charge on any atom is -0.372 e. The van der Waals surface area contributed by atoms with Crippen molar-refractivity contribution < 1.29 is 0 Å². The molecule has 0 aliphatic heterocycles. The van der Waals surface area contributed by atoms with Crippen LogP contribution < -0.4 is 9.80 Å². The monoisotopic (exact) mass is 550 g/mol. The number of nitrogens with zero attached hydrogens (tertiary/aromatic N) is 2. The second-order valence-electron chi connectivity index (χ2n) is 11.3. The molecule has 0 saturated heterocycles. The average Bonchev–Trinajstić information content (AvgIpc) is 3.02. The summed E-state index contributed by atoms with van der Waals surface area (Å²) in [5.41, 5.74) is 7.62. The molecule has 0 amide bonds. The first kappa shape index (κ1) is 32.3. The zero-order chi connectivity index (χ0) is 29.1. The largest absolute Gasteiger partial charge is 0.372 e. The van der Waals surface area contributed by atoms with Crippen molar-refractivity contribution in [2.24, 2.45) is 0 Å². The molecular formula is C39H54N2. The number of hydrogen-bond donors (Lipinski definition) is 0. The Hall–Kier alpha value is -3.26. The van der Waals surface area contributed by atoms with Gasteiger partial charge in [-0.25, -0.2) is 0 Å². The minimum atomic E-state index is 1.15. The molecule has 3 aromatic carbocycles. The van der Waals surface area contributed by atoms with E-state index in [4.69, 9.17) is 0 Å². The van der Waals surface area contributed by atoms with Crippen LogP contribution in [0.3, 0.4) is 0 Å². The lowest BCUT2D eigenvalue weighted by Gasteiger charge is -2.25. The van der Waals surface area contributed by atoms with Gasteiger partial charge in [0.2, 0.25) is 0 Å². The first-order chi connectivity index (χ1) is 20.2. The van der Waals surface area contributed by atoms with Gasteiger partial charge >= 0.3 is 0 Å². The van der Waals surface area contributed by atoms with Crippen LogP contribution in [0.1, 0.15) is 108 Å². The highest BCUT2D eigenvalue weighted by Gasteiger charge is 2.06. The molecule has 2 nitrogen and oxygen atoms in total. The van der Waals surface area contributed by atoms with Crippen molar-refractivity contribution in [1.29, 1.82) is 0 Å². The fraction of sp³-hybridized carbons (Fsp3) is 0.436. The Bertz CT molecular complexity index is 1130. The standard InChI is InChI=1S/C39H54N2/c1-5-9-13-33-41(32-12-8-4)39-28-24-37(25-29-39)21-19-35-16-14-34(15-17-35)18-20-36-22-26-38(27-23-36)40(30-10-6-2)31-11-7-3/h14-29H,5-13,30-33H2,1-4H3. The number of benzene rings is 3. The van der Waals surface area contributed by atoms with Gasteiger partial charge in [0.25, 0.3) is 0 Å². The minimum absolute atomic E-state index is 1.15. The van der Waals surface area contributed by atoms with Crippen molar-refractivity contribution in [2.45, 2.75) is 85.5 Å². The van der Waals surface area contributed by atoms with Crippen LogP contribution in [0.2, 0.25) is 0 Å². The van der Waals surface area contributed by atoms with E-state index in [1.807, 2.05) is 0 Å². The van der Waals surface area contributed by atoms with Gasteiger partial charge in [-0.15, -0.1) is 0 Å². The second-order valence-corrected chi connectivity index (χ2v) is 11.3. The van der Waals surface area contributed by atoms with Crippen LogP contribution >= 0.6 is 0 Å². The molecule has 0 aliphatic carbocycles. The van der Waals surface area contributed by atoms with Crippen molar-refractivity contribution in [3.63, 3.8) is 0 Å². The highest BCUT2D eigenvalue weighted by Crippen LogP contribution is 2.21. The van der Waals surface area contributed by atoms with Gasteiger partial charge < -0.3 is 9.80 Å². The molecule has 0 unspecified atom stereocenters. The summed E-state index contributed by atoms with van der Waals surface area (Å²) in [6, 6.07) is 26.9. The summed E-state index contributed by atoms with van der Waals surface area (Å²) < 4.78 is 0. The second kappa shape index (κ2) is 19.0. The molecule has 0 bridgehead atoms. The molecule has 0 heterocycles. The highest BCUT2D eigenvalue weighted by molar-refractivity contribution is 5.74. The van der Waals surface area contributed by atoms with Gasteiger partial charge in [0, 0.05) is 37.6 Å². The Labute approximate surface area is 251 Å². The third-order valence-corrected chi connectivity index (χ3v) is 7.77. The van der Waals surface area contributed by atoms with Gasteiger partial charge in [0.1, 0.15) is 0 Å². The molecule has 3 aromatic rings. The predicted octanol–water partition coefficient (Wildman–Crippen LogP) is 11.2. The first-order valence-electron chi connectivity index (χ1n) is 16.3. The Balaban J connectivity index is 1.56. The molecule has 220 valence electrons. The summed E-state index contributed by atoms with van der Waals surface area (Å²) in [6.07, 6.45) is 20.2. The van der Waals surface area contributed by atoms with Gasteiger partial charge in [0.15, 0.2) is 0 Å². The summed E-state index contributed by atoms with van der Waals surface area (Å²) in [5.74, 6) is 0. The van der Waals surface area contributed by atoms with Gasteiger partial charge in [-0.2, -0.15) is 0 Å². The SMILES string of the molecule is CCCCCN(CCCC)c1ccc(C=Cc2ccc(C=Cc3ccc(N(CCCC)CCCC)cc3)cc2)cc1. The van der Waals surface area contributed by atoms with E-state index in [1.165, 1.54) is 91.4 Å². The fourth-order valence-corrected chi connectivity index (χ4v) is 5.04. The van der Waals surface area contributed by atoms with E-state index in [2.05, 4.69) is 135 Å². The molecule has 0 saturated carbocycles. The molecule has 2 heteroatoms. The number of anilines is 2. The van der Waals surface area contributed by atoms with E-state index in [1.54, 1.807) is 0 Å². The summed E-state index contributed by atoms with van der Waals surface area (Å²) in [4.78, 5) is 5.10. The topological polar surface area (TPSA) is 6.48 Å². The summed E-state index contributed by atoms with van der Waals surface area (Å²) >= 11 is 0. The molecule has 0 aromatic heterocycles. The Morgan fingerprint density at radius 1 is 0.366 bits per heavy atom. The smallest absolute Gasteiger partial charge is 0.0366 e. The van der Waals surface area contributed by atoms with Crippen LogP contribution in [0.25, 0.3) is 24.3 Å². The summed E-state index contributed by atoms with van der Waals surface area (Å²) in [5, 5.41) is 0. The maximum Gasteiger partial charge on any atom is 0.0366 e. The molecule has 0 aliphatic rings. The molecule has 3 rings (SSSR count). The lowest BCUT2D eigenvalue weighted by Crippen LogP contribution is -2.25. The molecule has 0 radical (unpaired) electrons. The van der Waals surface area contributed by atoms with E-state index in [0.29, 0.717) is 0 Å². The molecule has 0 spiro atoms. The number of hydrogen-bond acceptors (Lipinski definition) is 2. The number of unbranched alkanes of at least 4 members (excludes halogenated alkanes) is 5. The van der Waals surface area contributed by atoms with Crippen molar-refractivity contribution >= 4 is 35.7 Å². The summed E-state index contributed by atoms with van der Waals surface area (Å²) in [7, 11) is 0. The Morgan fingerprint density at radius 2 is 0.634 bits per heavy atom. The van der Waals surface area contributed by atoms with Crippen LogP contribution in [0, 0.1) is 0 Å². The van der Waals surface area contributed by atoms with Crippen LogP contribution in [-0.4, -0.2) is 26.2 Å². The Morgan fingerprint density at radius 3 is 0.927 bits per heavy atom. The van der Waals surface area contributed by atoms with E-state index in [-0.39, 0.29) is 0 Å². The predicted molar refractivity (Wildman–Crippen MR) is 186 cm³/mol. The zero-order valence-electron chi connectivity index (χ0n) is 26.3. The normalized spacial score (nSPS) is 11.5. The van der Waals surface area contributed by atoms with Gasteiger partial charge in [-0.05, 0) is 72.2 Å². The summed E-state index contributed by atoms with van der Waals surface area (Å²) in [6.45, 7) is 13.7. The first-order valence-corrected chi connectivity index (χ1v) is 16.3. The lowest BCUT2D eigenvalue weighted by molar-refractivity contribution is 0.653. The highest BCUT2D eigenvalue weighted by atomic mass is 15.1. The van der Waals surface area contributed by atoms with E-state index < -0.39 is 0 Å². The number of rotatable bonds is 19. The van der Waals surface area contributed by atoms with Crippen LogP contribution in [0.4, 0.5) is 11.4 Å². The van der Waals surface area contributed by atoms with E-state index in [9.17, 15) is 0 Å².